The average Bonchev–Trinajstić information content (AvgIpc) is 2.51. The van der Waals surface area contributed by atoms with Gasteiger partial charge in [0.05, 0.1) is 16.6 Å². The van der Waals surface area contributed by atoms with Crippen LogP contribution in [0.2, 0.25) is 0 Å². The number of carbonyl (C=O) groups excluding carboxylic acids is 1. The van der Waals surface area contributed by atoms with Crippen LogP contribution in [0, 0.1) is 5.82 Å². The fraction of sp³-hybridized carbons (Fsp3) is 0.375. The Kier molecular flexibility index (Phi) is 4.61. The lowest BCUT2D eigenvalue weighted by molar-refractivity contribution is 0.0897. The predicted octanol–water partition coefficient (Wildman–Crippen LogP) is 1.91. The summed E-state index contributed by atoms with van der Waals surface area (Å²) >= 11 is 0. The van der Waals surface area contributed by atoms with Gasteiger partial charge in [0.1, 0.15) is 5.82 Å². The molecule has 1 heterocycles. The van der Waals surface area contributed by atoms with Crippen LogP contribution in [0.15, 0.2) is 29.1 Å². The second kappa shape index (κ2) is 6.27. The van der Waals surface area contributed by atoms with E-state index in [2.05, 4.69) is 10.3 Å². The molecule has 0 atom stereocenters. The highest BCUT2D eigenvalue weighted by Crippen LogP contribution is 2.19. The van der Waals surface area contributed by atoms with Gasteiger partial charge >= 0.3 is 0 Å². The lowest BCUT2D eigenvalue weighted by atomic mass is 9.92. The normalized spacial score (nSPS) is 11.6. The number of rotatable bonds is 5. The molecule has 1 aromatic heterocycles. The minimum Gasteiger partial charge on any atom is -0.345 e. The first-order chi connectivity index (χ1) is 10.4. The van der Waals surface area contributed by atoms with Gasteiger partial charge in [0.15, 0.2) is 0 Å². The molecule has 4 N–H and O–H groups in total. The topological polar surface area (TPSA) is 88.0 Å². The van der Waals surface area contributed by atoms with E-state index in [9.17, 15) is 14.0 Å². The van der Waals surface area contributed by atoms with Crippen LogP contribution in [0.25, 0.3) is 10.9 Å². The van der Waals surface area contributed by atoms with Crippen molar-refractivity contribution in [3.63, 3.8) is 0 Å². The minimum absolute atomic E-state index is 0.221. The Hall–Kier alpha value is -2.21. The molecule has 2 rings (SSSR count). The molecule has 0 saturated heterocycles. The molecule has 0 aliphatic heterocycles. The summed E-state index contributed by atoms with van der Waals surface area (Å²) < 4.78 is 13.3. The number of fused-ring (bicyclic) bond motifs is 1. The molecule has 2 aromatic rings. The van der Waals surface area contributed by atoms with Gasteiger partial charge in [-0.2, -0.15) is 0 Å². The molecule has 0 spiro atoms. The average molecular weight is 305 g/mol. The third-order valence-electron chi connectivity index (χ3n) is 4.17. The Morgan fingerprint density at radius 2 is 2.00 bits per heavy atom. The van der Waals surface area contributed by atoms with Crippen molar-refractivity contribution in [2.75, 3.05) is 6.54 Å². The first kappa shape index (κ1) is 16.2. The van der Waals surface area contributed by atoms with Crippen LogP contribution in [0.4, 0.5) is 4.39 Å². The molecule has 0 aliphatic rings. The number of nitrogens with one attached hydrogen (secondary N) is 2. The standard InChI is InChI=1S/C16H20FN3O2/c1-3-16(4-2,9-18)20-15(22)12-8-14(21)19-13-7-10(17)5-6-11(12)13/h5-8H,3-4,9,18H2,1-2H3,(H,19,21)(H,20,22). The maximum Gasteiger partial charge on any atom is 0.252 e. The van der Waals surface area contributed by atoms with Gasteiger partial charge in [-0.1, -0.05) is 13.8 Å². The van der Waals surface area contributed by atoms with Gasteiger partial charge in [0, 0.05) is 18.0 Å². The number of aromatic amines is 1. The first-order valence-corrected chi connectivity index (χ1v) is 7.30. The lowest BCUT2D eigenvalue weighted by Crippen LogP contribution is -2.53. The number of amides is 1. The van der Waals surface area contributed by atoms with Gasteiger partial charge in [-0.25, -0.2) is 4.39 Å². The summed E-state index contributed by atoms with van der Waals surface area (Å²) in [5.41, 5.74) is 5.34. The molecule has 22 heavy (non-hydrogen) atoms. The molecule has 5 nitrogen and oxygen atoms in total. The largest absolute Gasteiger partial charge is 0.345 e. The Morgan fingerprint density at radius 3 is 2.59 bits per heavy atom. The summed E-state index contributed by atoms with van der Waals surface area (Å²) in [5.74, 6) is -0.851. The molecule has 0 aliphatic carbocycles. The first-order valence-electron chi connectivity index (χ1n) is 7.30. The number of carbonyl (C=O) groups is 1. The molecule has 6 heteroatoms. The quantitative estimate of drug-likeness (QED) is 0.788. The van der Waals surface area contributed by atoms with Crippen molar-refractivity contribution < 1.29 is 9.18 Å². The van der Waals surface area contributed by atoms with E-state index in [0.717, 1.165) is 0 Å². The number of hydrogen-bond acceptors (Lipinski definition) is 3. The molecule has 0 saturated carbocycles. The van der Waals surface area contributed by atoms with E-state index >= 15 is 0 Å². The number of nitrogens with two attached hydrogens (primary N) is 1. The van der Waals surface area contributed by atoms with Gasteiger partial charge < -0.3 is 16.0 Å². The third kappa shape index (κ3) is 3.01. The van der Waals surface area contributed by atoms with Gasteiger partial charge in [-0.15, -0.1) is 0 Å². The van der Waals surface area contributed by atoms with Crippen LogP contribution in [0.5, 0.6) is 0 Å². The van der Waals surface area contributed by atoms with Crippen molar-refractivity contribution >= 4 is 16.8 Å². The van der Waals surface area contributed by atoms with Crippen LogP contribution in [0.3, 0.4) is 0 Å². The van der Waals surface area contributed by atoms with Crippen molar-refractivity contribution in [3.8, 4) is 0 Å². The smallest absolute Gasteiger partial charge is 0.252 e. The second-order valence-electron chi connectivity index (χ2n) is 5.38. The third-order valence-corrected chi connectivity index (χ3v) is 4.17. The van der Waals surface area contributed by atoms with Gasteiger partial charge in [0.25, 0.3) is 5.91 Å². The molecule has 0 unspecified atom stereocenters. The van der Waals surface area contributed by atoms with Gasteiger partial charge in [-0.05, 0) is 31.0 Å². The Morgan fingerprint density at radius 1 is 1.32 bits per heavy atom. The molecule has 1 amide bonds. The van der Waals surface area contributed by atoms with Crippen molar-refractivity contribution in [3.05, 3.63) is 46.0 Å². The van der Waals surface area contributed by atoms with Gasteiger partial charge in [-0.3, -0.25) is 9.59 Å². The molecule has 0 radical (unpaired) electrons. The highest BCUT2D eigenvalue weighted by atomic mass is 19.1. The Balaban J connectivity index is 2.50. The molecular weight excluding hydrogens is 285 g/mol. The lowest BCUT2D eigenvalue weighted by Gasteiger charge is -2.31. The van der Waals surface area contributed by atoms with E-state index in [1.807, 2.05) is 13.8 Å². The van der Waals surface area contributed by atoms with E-state index in [-0.39, 0.29) is 11.5 Å². The number of aromatic nitrogens is 1. The molecular formula is C16H20FN3O2. The number of benzene rings is 1. The molecule has 0 fully saturated rings. The molecule has 1 aromatic carbocycles. The molecule has 118 valence electrons. The maximum atomic E-state index is 13.3. The monoisotopic (exact) mass is 305 g/mol. The van der Waals surface area contributed by atoms with Gasteiger partial charge in [0.2, 0.25) is 5.56 Å². The van der Waals surface area contributed by atoms with Crippen molar-refractivity contribution in [2.24, 2.45) is 5.73 Å². The SMILES string of the molecule is CCC(CC)(CN)NC(=O)c1cc(=O)[nH]c2cc(F)ccc12. The van der Waals surface area contributed by atoms with E-state index in [1.165, 1.54) is 24.3 Å². The number of hydrogen-bond donors (Lipinski definition) is 3. The second-order valence-corrected chi connectivity index (χ2v) is 5.38. The summed E-state index contributed by atoms with van der Waals surface area (Å²) in [4.78, 5) is 26.8. The zero-order chi connectivity index (χ0) is 16.3. The van der Waals surface area contributed by atoms with Crippen LogP contribution in [-0.2, 0) is 0 Å². The Bertz CT molecular complexity index is 742. The van der Waals surface area contributed by atoms with E-state index < -0.39 is 16.9 Å². The number of halogens is 1. The summed E-state index contributed by atoms with van der Waals surface area (Å²) in [6.45, 7) is 4.20. The fourth-order valence-corrected chi connectivity index (χ4v) is 2.49. The van der Waals surface area contributed by atoms with E-state index in [4.69, 9.17) is 5.73 Å². The van der Waals surface area contributed by atoms with Crippen molar-refractivity contribution in [1.29, 1.82) is 0 Å². The maximum absolute atomic E-state index is 13.3. The van der Waals surface area contributed by atoms with Crippen LogP contribution < -0.4 is 16.6 Å². The van der Waals surface area contributed by atoms with Crippen LogP contribution in [-0.4, -0.2) is 23.0 Å². The number of pyridine rings is 1. The summed E-state index contributed by atoms with van der Waals surface area (Å²) in [5, 5.41) is 3.42. The Labute approximate surface area is 127 Å². The highest BCUT2D eigenvalue weighted by Gasteiger charge is 2.27. The minimum atomic E-state index is -0.508. The summed E-state index contributed by atoms with van der Waals surface area (Å²) in [6, 6.07) is 5.16. The number of H-pyrrole nitrogens is 1. The highest BCUT2D eigenvalue weighted by molar-refractivity contribution is 6.06. The van der Waals surface area contributed by atoms with Crippen LogP contribution >= 0.6 is 0 Å². The zero-order valence-corrected chi connectivity index (χ0v) is 12.7. The van der Waals surface area contributed by atoms with Crippen LogP contribution in [0.1, 0.15) is 37.0 Å². The molecule has 0 bridgehead atoms. The van der Waals surface area contributed by atoms with E-state index in [1.54, 1.807) is 0 Å². The predicted molar refractivity (Wildman–Crippen MR) is 84.4 cm³/mol. The summed E-state index contributed by atoms with van der Waals surface area (Å²) in [7, 11) is 0. The zero-order valence-electron chi connectivity index (χ0n) is 12.7. The van der Waals surface area contributed by atoms with Crippen molar-refractivity contribution in [2.45, 2.75) is 32.2 Å². The van der Waals surface area contributed by atoms with Crippen molar-refractivity contribution in [1.82, 2.24) is 10.3 Å². The fourth-order valence-electron chi connectivity index (χ4n) is 2.49. The summed E-state index contributed by atoms with van der Waals surface area (Å²) in [6.07, 6.45) is 1.36. The van der Waals surface area contributed by atoms with E-state index in [0.29, 0.717) is 30.3 Å².